The summed E-state index contributed by atoms with van der Waals surface area (Å²) in [6.07, 6.45) is 0. The van der Waals surface area contributed by atoms with Gasteiger partial charge in [-0.3, -0.25) is 4.79 Å². The number of amides is 1. The number of aromatic nitrogens is 1. The zero-order valence-corrected chi connectivity index (χ0v) is 15.9. The summed E-state index contributed by atoms with van der Waals surface area (Å²) >= 11 is 1.48. The van der Waals surface area contributed by atoms with E-state index in [4.69, 9.17) is 4.74 Å². The van der Waals surface area contributed by atoms with E-state index in [1.54, 1.807) is 19.9 Å². The molecule has 1 aromatic heterocycles. The molecule has 0 fully saturated rings. The molecule has 8 heteroatoms. The molecule has 3 rings (SSSR count). The lowest BCUT2D eigenvalue weighted by molar-refractivity contribution is -0.121. The van der Waals surface area contributed by atoms with Gasteiger partial charge in [-0.15, -0.1) is 0 Å². The predicted molar refractivity (Wildman–Crippen MR) is 106 cm³/mol. The summed E-state index contributed by atoms with van der Waals surface area (Å²) in [5.41, 5.74) is 4.41. The number of carbonyl (C=O) groups excluding carboxylic acids is 1. The molecule has 2 aromatic carbocycles. The van der Waals surface area contributed by atoms with Crippen LogP contribution in [0.4, 0.5) is 9.52 Å². The van der Waals surface area contributed by atoms with Crippen LogP contribution in [-0.2, 0) is 4.79 Å². The normalized spacial score (nSPS) is 12.7. The second kappa shape index (κ2) is 8.13. The highest BCUT2D eigenvalue weighted by molar-refractivity contribution is 7.22. The summed E-state index contributed by atoms with van der Waals surface area (Å²) < 4.78 is 19.7. The third-order valence-corrected chi connectivity index (χ3v) is 4.90. The third-order valence-electron chi connectivity index (χ3n) is 3.93. The smallest absolute Gasteiger partial charge is 0.262 e. The van der Waals surface area contributed by atoms with Crippen molar-refractivity contribution in [1.82, 2.24) is 10.4 Å². The Labute approximate surface area is 160 Å². The first kappa shape index (κ1) is 18.8. The van der Waals surface area contributed by atoms with Crippen molar-refractivity contribution in [3.05, 3.63) is 53.8 Å². The van der Waals surface area contributed by atoms with Crippen molar-refractivity contribution in [2.24, 2.45) is 5.10 Å². The van der Waals surface area contributed by atoms with Crippen molar-refractivity contribution < 1.29 is 13.9 Å². The lowest BCUT2D eigenvalue weighted by Crippen LogP contribution is -2.35. The van der Waals surface area contributed by atoms with Gasteiger partial charge in [-0.05, 0) is 44.2 Å². The van der Waals surface area contributed by atoms with Gasteiger partial charge in [-0.2, -0.15) is 5.10 Å². The van der Waals surface area contributed by atoms with Gasteiger partial charge in [0.05, 0.1) is 23.0 Å². The van der Waals surface area contributed by atoms with Crippen molar-refractivity contribution >= 4 is 38.3 Å². The van der Waals surface area contributed by atoms with Crippen LogP contribution in [0.2, 0.25) is 0 Å². The van der Waals surface area contributed by atoms with Crippen molar-refractivity contribution in [2.75, 3.05) is 12.4 Å². The van der Waals surface area contributed by atoms with Crippen molar-refractivity contribution in [2.45, 2.75) is 19.9 Å². The molecule has 0 spiro atoms. The minimum absolute atomic E-state index is 0.157. The fraction of sp³-hybridized carbons (Fsp3) is 0.211. The number of nitrogens with one attached hydrogen (secondary N) is 2. The molecule has 1 heterocycles. The lowest BCUT2D eigenvalue weighted by Gasteiger charge is -2.11. The minimum atomic E-state index is -0.533. The predicted octanol–water partition coefficient (Wildman–Crippen LogP) is 3.78. The number of ether oxygens (including phenoxy) is 1. The highest BCUT2D eigenvalue weighted by Crippen LogP contribution is 2.25. The van der Waals surface area contributed by atoms with Crippen molar-refractivity contribution in [3.63, 3.8) is 0 Å². The Kier molecular flexibility index (Phi) is 5.66. The second-order valence-corrected chi connectivity index (χ2v) is 6.91. The van der Waals surface area contributed by atoms with E-state index in [1.165, 1.54) is 30.6 Å². The monoisotopic (exact) mass is 386 g/mol. The molecule has 0 radical (unpaired) electrons. The van der Waals surface area contributed by atoms with Gasteiger partial charge in [-0.1, -0.05) is 23.5 Å². The SMILES string of the molecule is COc1ccc(/C(C)=N\NC(=O)[C@@H](C)Nc2nc3ccccc3s2)cc1F. The molecular weight excluding hydrogens is 367 g/mol. The summed E-state index contributed by atoms with van der Waals surface area (Å²) in [6, 6.07) is 11.7. The number of hydrogen-bond donors (Lipinski definition) is 2. The van der Waals surface area contributed by atoms with Crippen LogP contribution < -0.4 is 15.5 Å². The van der Waals surface area contributed by atoms with Crippen LogP contribution >= 0.6 is 11.3 Å². The van der Waals surface area contributed by atoms with Gasteiger partial charge in [0.15, 0.2) is 16.7 Å². The summed E-state index contributed by atoms with van der Waals surface area (Å²) in [5.74, 6) is -0.645. The number of hydrogen-bond acceptors (Lipinski definition) is 6. The van der Waals surface area contributed by atoms with E-state index in [1.807, 2.05) is 24.3 Å². The van der Waals surface area contributed by atoms with Crippen LogP contribution in [-0.4, -0.2) is 29.8 Å². The Morgan fingerprint density at radius 2 is 2.07 bits per heavy atom. The van der Waals surface area contributed by atoms with Crippen LogP contribution in [0.15, 0.2) is 47.6 Å². The molecule has 0 saturated carbocycles. The molecule has 0 aliphatic rings. The van der Waals surface area contributed by atoms with Crippen molar-refractivity contribution in [1.29, 1.82) is 0 Å². The number of methoxy groups -OCH3 is 1. The van der Waals surface area contributed by atoms with Crippen LogP contribution in [0, 0.1) is 5.82 Å². The first-order chi connectivity index (χ1) is 13.0. The van der Waals surface area contributed by atoms with E-state index in [-0.39, 0.29) is 11.7 Å². The molecule has 1 atom stereocenters. The molecule has 27 heavy (non-hydrogen) atoms. The number of rotatable bonds is 6. The number of benzene rings is 2. The maximum atomic E-state index is 13.8. The molecule has 140 valence electrons. The Hall–Kier alpha value is -3.00. The molecule has 0 aliphatic carbocycles. The summed E-state index contributed by atoms with van der Waals surface area (Å²) in [6.45, 7) is 3.41. The van der Waals surface area contributed by atoms with Gasteiger partial charge in [0.1, 0.15) is 6.04 Å². The summed E-state index contributed by atoms with van der Waals surface area (Å²) in [4.78, 5) is 16.7. The molecule has 6 nitrogen and oxygen atoms in total. The molecule has 0 bridgehead atoms. The molecular formula is C19H19FN4O2S. The van der Waals surface area contributed by atoms with E-state index in [0.29, 0.717) is 16.4 Å². The van der Waals surface area contributed by atoms with Gasteiger partial charge in [-0.25, -0.2) is 14.8 Å². The Balaban J connectivity index is 1.63. The van der Waals surface area contributed by atoms with Crippen LogP contribution in [0.3, 0.4) is 0 Å². The van der Waals surface area contributed by atoms with Crippen molar-refractivity contribution in [3.8, 4) is 5.75 Å². The topological polar surface area (TPSA) is 75.6 Å². The second-order valence-electron chi connectivity index (χ2n) is 5.88. The largest absolute Gasteiger partial charge is 0.494 e. The molecule has 1 amide bonds. The lowest BCUT2D eigenvalue weighted by atomic mass is 10.1. The van der Waals surface area contributed by atoms with E-state index < -0.39 is 11.9 Å². The zero-order chi connectivity index (χ0) is 19.4. The van der Waals surface area contributed by atoms with E-state index in [0.717, 1.165) is 10.2 Å². The minimum Gasteiger partial charge on any atom is -0.494 e. The first-order valence-corrected chi connectivity index (χ1v) is 9.09. The van der Waals surface area contributed by atoms with E-state index >= 15 is 0 Å². The number of carbonyl (C=O) groups is 1. The van der Waals surface area contributed by atoms with E-state index in [2.05, 4.69) is 20.8 Å². The average Bonchev–Trinajstić information content (AvgIpc) is 3.07. The molecule has 0 aliphatic heterocycles. The van der Waals surface area contributed by atoms with Gasteiger partial charge in [0, 0.05) is 5.56 Å². The van der Waals surface area contributed by atoms with E-state index in [9.17, 15) is 9.18 Å². The number of halogens is 1. The molecule has 2 N–H and O–H groups in total. The Morgan fingerprint density at radius 3 is 2.78 bits per heavy atom. The zero-order valence-electron chi connectivity index (χ0n) is 15.1. The molecule has 0 unspecified atom stereocenters. The van der Waals surface area contributed by atoms with Gasteiger partial charge >= 0.3 is 0 Å². The number of thiazole rings is 1. The first-order valence-electron chi connectivity index (χ1n) is 8.28. The van der Waals surface area contributed by atoms with Crippen LogP contribution in [0.25, 0.3) is 10.2 Å². The fourth-order valence-electron chi connectivity index (χ4n) is 2.38. The summed E-state index contributed by atoms with van der Waals surface area (Å²) in [5, 5.41) is 7.78. The number of anilines is 1. The molecule has 0 saturated heterocycles. The quantitative estimate of drug-likeness (QED) is 0.499. The highest BCUT2D eigenvalue weighted by Gasteiger charge is 2.14. The number of hydrazone groups is 1. The van der Waals surface area contributed by atoms with Gasteiger partial charge in [0.25, 0.3) is 5.91 Å². The Morgan fingerprint density at radius 1 is 1.30 bits per heavy atom. The van der Waals surface area contributed by atoms with Crippen LogP contribution in [0.5, 0.6) is 5.75 Å². The number of para-hydroxylation sites is 1. The van der Waals surface area contributed by atoms with Gasteiger partial charge < -0.3 is 10.1 Å². The maximum absolute atomic E-state index is 13.8. The highest BCUT2D eigenvalue weighted by atomic mass is 32.1. The molecule has 3 aromatic rings. The number of nitrogens with zero attached hydrogens (tertiary/aromatic N) is 2. The maximum Gasteiger partial charge on any atom is 0.262 e. The van der Waals surface area contributed by atoms with Gasteiger partial charge in [0.2, 0.25) is 0 Å². The average molecular weight is 386 g/mol. The van der Waals surface area contributed by atoms with Crippen LogP contribution in [0.1, 0.15) is 19.4 Å². The Bertz CT molecular complexity index is 969. The number of fused-ring (bicyclic) bond motifs is 1. The third kappa shape index (κ3) is 4.40. The fourth-order valence-corrected chi connectivity index (χ4v) is 3.33. The standard InChI is InChI=1S/C19H19FN4O2S/c1-11(13-8-9-16(26-3)14(20)10-13)23-24-18(25)12(2)21-19-22-15-6-4-5-7-17(15)27-19/h4-10,12H,1-3H3,(H,21,22)(H,24,25)/b23-11-/t12-/m1/s1. The summed E-state index contributed by atoms with van der Waals surface area (Å²) in [7, 11) is 1.40.